The Morgan fingerprint density at radius 3 is 2.26 bits per heavy atom. The molecule has 0 saturated carbocycles. The molecule has 2 heteroatoms. The lowest BCUT2D eigenvalue weighted by Crippen LogP contribution is -2.09. The van der Waals surface area contributed by atoms with E-state index in [2.05, 4.69) is 50.9 Å². The van der Waals surface area contributed by atoms with E-state index in [1.807, 2.05) is 30.3 Å². The van der Waals surface area contributed by atoms with Crippen LogP contribution in [0.4, 0.5) is 0 Å². The van der Waals surface area contributed by atoms with Gasteiger partial charge >= 0.3 is 0 Å². The number of hydrogen-bond donors (Lipinski definition) is 0. The molecule has 1 nitrogen and oxygen atoms in total. The average Bonchev–Trinajstić information content (AvgIpc) is 3.05. The molecule has 0 N–H and O–H groups in total. The van der Waals surface area contributed by atoms with Crippen molar-refractivity contribution < 1.29 is 4.57 Å². The van der Waals surface area contributed by atoms with E-state index in [1.54, 1.807) is 0 Å². The van der Waals surface area contributed by atoms with E-state index in [1.165, 1.54) is 22.3 Å². The molecule has 1 atom stereocenters. The number of rotatable bonds is 1. The van der Waals surface area contributed by atoms with Crippen molar-refractivity contribution in [3.63, 3.8) is 0 Å². The van der Waals surface area contributed by atoms with E-state index in [9.17, 15) is 4.57 Å². The summed E-state index contributed by atoms with van der Waals surface area (Å²) in [6, 6.07) is 18.5. The van der Waals surface area contributed by atoms with Crippen molar-refractivity contribution in [2.75, 3.05) is 0 Å². The molecule has 0 radical (unpaired) electrons. The predicted molar refractivity (Wildman–Crippen MR) is 98.3 cm³/mol. The molecule has 0 saturated heterocycles. The lowest BCUT2D eigenvalue weighted by atomic mass is 9.81. The van der Waals surface area contributed by atoms with Gasteiger partial charge in [0.2, 0.25) is 0 Å². The molecule has 1 heterocycles. The van der Waals surface area contributed by atoms with Gasteiger partial charge in [0.1, 0.15) is 0 Å². The number of fused-ring (bicyclic) bond motifs is 2. The van der Waals surface area contributed by atoms with Crippen molar-refractivity contribution in [3.05, 3.63) is 82.4 Å². The van der Waals surface area contributed by atoms with E-state index >= 15 is 0 Å². The van der Waals surface area contributed by atoms with Crippen LogP contribution in [0.3, 0.4) is 0 Å². The molecule has 0 aromatic heterocycles. The maximum Gasteiger partial charge on any atom is 0.161 e. The van der Waals surface area contributed by atoms with Gasteiger partial charge in [-0.25, -0.2) is 0 Å². The predicted octanol–water partition coefficient (Wildman–Crippen LogP) is 5.59. The Kier molecular flexibility index (Phi) is 3.09. The molecule has 4 rings (SSSR count). The van der Waals surface area contributed by atoms with Gasteiger partial charge in [-0.05, 0) is 33.5 Å². The Labute approximate surface area is 138 Å². The molecule has 1 aliphatic heterocycles. The van der Waals surface area contributed by atoms with Gasteiger partial charge in [0.25, 0.3) is 0 Å². The molecule has 2 aliphatic rings. The quantitative estimate of drug-likeness (QED) is 0.626. The molecule has 2 aromatic rings. The van der Waals surface area contributed by atoms with Crippen LogP contribution in [0, 0.1) is 5.41 Å². The third-order valence-electron chi connectivity index (χ3n) is 4.86. The summed E-state index contributed by atoms with van der Waals surface area (Å²) < 4.78 is 14.0. The van der Waals surface area contributed by atoms with E-state index < -0.39 is 7.14 Å². The van der Waals surface area contributed by atoms with Crippen LogP contribution in [0.5, 0.6) is 0 Å². The Hall–Kier alpha value is -1.85. The van der Waals surface area contributed by atoms with E-state index in [4.69, 9.17) is 0 Å². The zero-order chi connectivity index (χ0) is 16.2. The normalized spacial score (nSPS) is 22.8. The molecular weight excluding hydrogens is 299 g/mol. The van der Waals surface area contributed by atoms with Crippen molar-refractivity contribution in [2.45, 2.75) is 27.2 Å². The zero-order valence-corrected chi connectivity index (χ0v) is 14.7. The Morgan fingerprint density at radius 1 is 0.913 bits per heavy atom. The van der Waals surface area contributed by atoms with Crippen LogP contribution in [0.15, 0.2) is 71.3 Å². The van der Waals surface area contributed by atoms with E-state index in [0.29, 0.717) is 0 Å². The summed E-state index contributed by atoms with van der Waals surface area (Å²) in [6.45, 7) is 6.64. The van der Waals surface area contributed by atoms with Crippen LogP contribution in [0.2, 0.25) is 0 Å². The van der Waals surface area contributed by atoms with Gasteiger partial charge in [0.05, 0.1) is 0 Å². The third-order valence-corrected chi connectivity index (χ3v) is 7.73. The summed E-state index contributed by atoms with van der Waals surface area (Å²) in [5, 5.41) is 2.09. The standard InChI is InChI=1S/C21H21OP/c1-21(2,3)18-14-23(22,16-10-5-4-6-11-16)19-13-15-9-7-8-12-17(15)20(18)19/h4-12,14H,13H2,1-3H3. The van der Waals surface area contributed by atoms with Crippen LogP contribution >= 0.6 is 7.14 Å². The topological polar surface area (TPSA) is 17.1 Å². The molecule has 23 heavy (non-hydrogen) atoms. The van der Waals surface area contributed by atoms with Crippen LogP contribution in [-0.2, 0) is 11.0 Å². The summed E-state index contributed by atoms with van der Waals surface area (Å²) in [5.74, 6) is 2.09. The minimum atomic E-state index is -2.64. The smallest absolute Gasteiger partial charge is 0.161 e. The first-order valence-corrected chi connectivity index (χ1v) is 9.90. The maximum absolute atomic E-state index is 14.0. The first kappa shape index (κ1) is 14.7. The fourth-order valence-electron chi connectivity index (χ4n) is 3.70. The van der Waals surface area contributed by atoms with Crippen molar-refractivity contribution in [2.24, 2.45) is 5.41 Å². The second kappa shape index (κ2) is 4.82. The number of benzene rings is 2. The minimum absolute atomic E-state index is 0.0149. The monoisotopic (exact) mass is 320 g/mol. The fourth-order valence-corrected chi connectivity index (χ4v) is 6.79. The maximum atomic E-state index is 14.0. The fraction of sp³-hybridized carbons (Fsp3) is 0.238. The lowest BCUT2D eigenvalue weighted by Gasteiger charge is -2.23. The van der Waals surface area contributed by atoms with Gasteiger partial charge in [-0.1, -0.05) is 75.4 Å². The lowest BCUT2D eigenvalue weighted by molar-refractivity contribution is 0.522. The molecule has 1 unspecified atom stereocenters. The Morgan fingerprint density at radius 2 is 1.57 bits per heavy atom. The van der Waals surface area contributed by atoms with Crippen LogP contribution < -0.4 is 5.30 Å². The zero-order valence-electron chi connectivity index (χ0n) is 13.8. The second-order valence-corrected chi connectivity index (χ2v) is 10.1. The van der Waals surface area contributed by atoms with Gasteiger partial charge < -0.3 is 4.57 Å². The van der Waals surface area contributed by atoms with Crippen LogP contribution in [-0.4, -0.2) is 0 Å². The molecule has 2 aromatic carbocycles. The summed E-state index contributed by atoms with van der Waals surface area (Å²) in [4.78, 5) is 0. The summed E-state index contributed by atoms with van der Waals surface area (Å²) in [5.41, 5.74) is 5.06. The highest BCUT2D eigenvalue weighted by molar-refractivity contribution is 7.79. The molecule has 0 fully saturated rings. The summed E-state index contributed by atoms with van der Waals surface area (Å²) >= 11 is 0. The highest BCUT2D eigenvalue weighted by atomic mass is 31.2. The van der Waals surface area contributed by atoms with Gasteiger partial charge in [-0.2, -0.15) is 0 Å². The van der Waals surface area contributed by atoms with Crippen molar-refractivity contribution in [3.8, 4) is 0 Å². The van der Waals surface area contributed by atoms with Gasteiger partial charge in [-0.15, -0.1) is 0 Å². The van der Waals surface area contributed by atoms with Gasteiger partial charge in [-0.3, -0.25) is 0 Å². The van der Waals surface area contributed by atoms with E-state index in [-0.39, 0.29) is 5.41 Å². The number of allylic oxidation sites excluding steroid dienone is 3. The van der Waals surface area contributed by atoms with Gasteiger partial charge in [0, 0.05) is 17.0 Å². The Balaban J connectivity index is 1.99. The molecule has 0 amide bonds. The molecular formula is C21H21OP. The average molecular weight is 320 g/mol. The summed E-state index contributed by atoms with van der Waals surface area (Å²) in [6.07, 6.45) is 0.813. The molecule has 116 valence electrons. The minimum Gasteiger partial charge on any atom is -0.310 e. The molecule has 0 spiro atoms. The molecule has 1 aliphatic carbocycles. The molecule has 0 bridgehead atoms. The second-order valence-electron chi connectivity index (χ2n) is 7.44. The van der Waals surface area contributed by atoms with Crippen LogP contribution in [0.25, 0.3) is 5.57 Å². The van der Waals surface area contributed by atoms with Crippen LogP contribution in [0.1, 0.15) is 31.9 Å². The van der Waals surface area contributed by atoms with Crippen molar-refractivity contribution in [1.82, 2.24) is 0 Å². The largest absolute Gasteiger partial charge is 0.310 e. The highest BCUT2D eigenvalue weighted by Gasteiger charge is 2.43. The summed E-state index contributed by atoms with van der Waals surface area (Å²) in [7, 11) is -2.64. The SMILES string of the molecule is CC(C)(C)C1=CP(=O)(c2ccccc2)C2=C1c1ccccc1C2. The third kappa shape index (κ3) is 2.11. The number of hydrogen-bond acceptors (Lipinski definition) is 1. The van der Waals surface area contributed by atoms with Crippen molar-refractivity contribution >= 4 is 18.0 Å². The van der Waals surface area contributed by atoms with Crippen molar-refractivity contribution in [1.29, 1.82) is 0 Å². The van der Waals surface area contributed by atoms with Gasteiger partial charge in [0.15, 0.2) is 7.14 Å². The highest BCUT2D eigenvalue weighted by Crippen LogP contribution is 2.68. The first-order valence-electron chi connectivity index (χ1n) is 8.12. The Bertz CT molecular complexity index is 895. The first-order chi connectivity index (χ1) is 10.9. The van der Waals surface area contributed by atoms with E-state index in [0.717, 1.165) is 17.0 Å².